The Labute approximate surface area is 99.7 Å². The second-order valence-electron chi connectivity index (χ2n) is 3.99. The van der Waals surface area contributed by atoms with Gasteiger partial charge in [0.2, 0.25) is 0 Å². The van der Waals surface area contributed by atoms with Gasteiger partial charge in [-0.1, -0.05) is 35.5 Å². The van der Waals surface area contributed by atoms with Crippen molar-refractivity contribution >= 4 is 5.91 Å². The van der Waals surface area contributed by atoms with Crippen molar-refractivity contribution in [2.24, 2.45) is 0 Å². The van der Waals surface area contributed by atoms with Gasteiger partial charge in [0.1, 0.15) is 0 Å². The van der Waals surface area contributed by atoms with Crippen LogP contribution in [0.3, 0.4) is 0 Å². The molecule has 0 spiro atoms. The summed E-state index contributed by atoms with van der Waals surface area (Å²) in [7, 11) is 3.39. The lowest BCUT2D eigenvalue weighted by molar-refractivity contribution is 0.0822. The number of carbonyl (C=O) groups excluding carboxylic acids is 1. The Balaban J connectivity index is 2.12. The Morgan fingerprint density at radius 2 is 2.00 bits per heavy atom. The normalized spacial score (nSPS) is 10.2. The number of benzene rings is 1. The summed E-state index contributed by atoms with van der Waals surface area (Å²) >= 11 is 0. The molecule has 17 heavy (non-hydrogen) atoms. The Morgan fingerprint density at radius 1 is 1.29 bits per heavy atom. The maximum Gasteiger partial charge on any atom is 0.275 e. The number of hydrogen-bond acceptors (Lipinski definition) is 3. The van der Waals surface area contributed by atoms with Crippen LogP contribution in [-0.2, 0) is 6.54 Å². The zero-order chi connectivity index (χ0) is 12.3. The molecule has 1 heterocycles. The fraction of sp³-hybridized carbons (Fsp3) is 0.250. The van der Waals surface area contributed by atoms with Gasteiger partial charge in [-0.2, -0.15) is 0 Å². The van der Waals surface area contributed by atoms with Gasteiger partial charge in [-0.15, -0.1) is 5.10 Å². The summed E-state index contributed by atoms with van der Waals surface area (Å²) in [5.41, 5.74) is 1.49. The summed E-state index contributed by atoms with van der Waals surface area (Å²) in [5, 5.41) is 7.79. The second-order valence-corrected chi connectivity index (χ2v) is 3.99. The standard InChI is InChI=1S/C12H14N4O/c1-15(2)12(17)11-9-16(14-13-11)8-10-6-4-3-5-7-10/h3-7,9H,8H2,1-2H3. The molecular weight excluding hydrogens is 216 g/mol. The zero-order valence-electron chi connectivity index (χ0n) is 9.87. The van der Waals surface area contributed by atoms with Crippen molar-refractivity contribution in [2.45, 2.75) is 6.54 Å². The minimum Gasteiger partial charge on any atom is -0.343 e. The van der Waals surface area contributed by atoms with Crippen LogP contribution in [0.2, 0.25) is 0 Å². The van der Waals surface area contributed by atoms with Crippen LogP contribution < -0.4 is 0 Å². The highest BCUT2D eigenvalue weighted by Gasteiger charge is 2.12. The summed E-state index contributed by atoms with van der Waals surface area (Å²) in [4.78, 5) is 13.1. The highest BCUT2D eigenvalue weighted by atomic mass is 16.2. The Kier molecular flexibility index (Phi) is 3.18. The monoisotopic (exact) mass is 230 g/mol. The third kappa shape index (κ3) is 2.69. The van der Waals surface area contributed by atoms with Gasteiger partial charge in [0, 0.05) is 14.1 Å². The van der Waals surface area contributed by atoms with E-state index in [2.05, 4.69) is 10.3 Å². The Hall–Kier alpha value is -2.17. The molecule has 0 aliphatic heterocycles. The maximum atomic E-state index is 11.6. The van der Waals surface area contributed by atoms with Gasteiger partial charge in [0.15, 0.2) is 5.69 Å². The van der Waals surface area contributed by atoms with Crippen molar-refractivity contribution in [3.8, 4) is 0 Å². The highest BCUT2D eigenvalue weighted by Crippen LogP contribution is 2.03. The van der Waals surface area contributed by atoms with E-state index in [0.717, 1.165) is 5.56 Å². The quantitative estimate of drug-likeness (QED) is 0.791. The molecule has 0 radical (unpaired) electrons. The molecular formula is C12H14N4O. The van der Waals surface area contributed by atoms with Gasteiger partial charge in [0.25, 0.3) is 5.91 Å². The highest BCUT2D eigenvalue weighted by molar-refractivity contribution is 5.91. The lowest BCUT2D eigenvalue weighted by Gasteiger charge is -2.05. The number of rotatable bonds is 3. The van der Waals surface area contributed by atoms with Crippen LogP contribution >= 0.6 is 0 Å². The molecule has 0 saturated carbocycles. The van der Waals surface area contributed by atoms with E-state index < -0.39 is 0 Å². The van der Waals surface area contributed by atoms with Crippen molar-refractivity contribution in [1.29, 1.82) is 0 Å². The molecule has 0 bridgehead atoms. The first-order valence-electron chi connectivity index (χ1n) is 5.32. The van der Waals surface area contributed by atoms with Gasteiger partial charge in [-0.3, -0.25) is 4.79 Å². The van der Waals surface area contributed by atoms with Crippen LogP contribution in [0.1, 0.15) is 16.1 Å². The number of amides is 1. The first kappa shape index (κ1) is 11.3. The molecule has 0 N–H and O–H groups in total. The third-order valence-electron chi connectivity index (χ3n) is 2.35. The first-order chi connectivity index (χ1) is 8.16. The minimum absolute atomic E-state index is 0.135. The number of aromatic nitrogens is 3. The average molecular weight is 230 g/mol. The van der Waals surface area contributed by atoms with Crippen LogP contribution in [-0.4, -0.2) is 39.9 Å². The molecule has 0 atom stereocenters. The van der Waals surface area contributed by atoms with Gasteiger partial charge in [-0.25, -0.2) is 4.68 Å². The van der Waals surface area contributed by atoms with Crippen LogP contribution in [0.5, 0.6) is 0 Å². The summed E-state index contributed by atoms with van der Waals surface area (Å²) in [6, 6.07) is 9.92. The lowest BCUT2D eigenvalue weighted by atomic mass is 10.2. The summed E-state index contributed by atoms with van der Waals surface area (Å²) in [5.74, 6) is -0.135. The predicted molar refractivity (Wildman–Crippen MR) is 63.6 cm³/mol. The number of hydrogen-bond donors (Lipinski definition) is 0. The Bertz CT molecular complexity index is 504. The topological polar surface area (TPSA) is 51.0 Å². The Morgan fingerprint density at radius 3 is 2.65 bits per heavy atom. The number of nitrogens with zero attached hydrogens (tertiary/aromatic N) is 4. The van der Waals surface area contributed by atoms with Gasteiger partial charge in [0.05, 0.1) is 12.7 Å². The number of carbonyl (C=O) groups is 1. The predicted octanol–water partition coefficient (Wildman–Crippen LogP) is 1.03. The third-order valence-corrected chi connectivity index (χ3v) is 2.35. The maximum absolute atomic E-state index is 11.6. The molecule has 2 aromatic rings. The van der Waals surface area contributed by atoms with Crippen LogP contribution in [0.4, 0.5) is 0 Å². The smallest absolute Gasteiger partial charge is 0.275 e. The lowest BCUT2D eigenvalue weighted by Crippen LogP contribution is -2.21. The largest absolute Gasteiger partial charge is 0.343 e. The fourth-order valence-corrected chi connectivity index (χ4v) is 1.47. The van der Waals surface area contributed by atoms with E-state index in [0.29, 0.717) is 12.2 Å². The van der Waals surface area contributed by atoms with Crippen molar-refractivity contribution in [3.63, 3.8) is 0 Å². The van der Waals surface area contributed by atoms with Crippen molar-refractivity contribution in [3.05, 3.63) is 47.8 Å². The van der Waals surface area contributed by atoms with Gasteiger partial charge < -0.3 is 4.90 Å². The van der Waals surface area contributed by atoms with E-state index >= 15 is 0 Å². The molecule has 0 aliphatic rings. The van der Waals surface area contributed by atoms with Crippen LogP contribution in [0.25, 0.3) is 0 Å². The van der Waals surface area contributed by atoms with Crippen LogP contribution in [0, 0.1) is 0 Å². The molecule has 1 aromatic carbocycles. The summed E-state index contributed by atoms with van der Waals surface area (Å²) in [6.07, 6.45) is 1.66. The molecule has 88 valence electrons. The van der Waals surface area contributed by atoms with E-state index in [-0.39, 0.29) is 5.91 Å². The van der Waals surface area contributed by atoms with E-state index in [4.69, 9.17) is 0 Å². The molecule has 2 rings (SSSR count). The molecule has 5 nitrogen and oxygen atoms in total. The molecule has 0 saturated heterocycles. The zero-order valence-corrected chi connectivity index (χ0v) is 9.87. The molecule has 5 heteroatoms. The van der Waals surface area contributed by atoms with Crippen molar-refractivity contribution < 1.29 is 4.79 Å². The molecule has 0 fully saturated rings. The molecule has 0 aliphatic carbocycles. The van der Waals surface area contributed by atoms with E-state index in [1.807, 2.05) is 30.3 Å². The van der Waals surface area contributed by atoms with Gasteiger partial charge in [-0.05, 0) is 5.56 Å². The van der Waals surface area contributed by atoms with E-state index in [1.54, 1.807) is 25.0 Å². The van der Waals surface area contributed by atoms with E-state index in [9.17, 15) is 4.79 Å². The summed E-state index contributed by atoms with van der Waals surface area (Å²) in [6.45, 7) is 0.620. The second kappa shape index (κ2) is 4.78. The summed E-state index contributed by atoms with van der Waals surface area (Å²) < 4.78 is 1.66. The molecule has 1 amide bonds. The van der Waals surface area contributed by atoms with Crippen molar-refractivity contribution in [2.75, 3.05) is 14.1 Å². The van der Waals surface area contributed by atoms with Crippen molar-refractivity contribution in [1.82, 2.24) is 19.9 Å². The minimum atomic E-state index is -0.135. The first-order valence-corrected chi connectivity index (χ1v) is 5.32. The molecule has 1 aromatic heterocycles. The van der Waals surface area contributed by atoms with E-state index in [1.165, 1.54) is 4.90 Å². The fourth-order valence-electron chi connectivity index (χ4n) is 1.47. The average Bonchev–Trinajstić information content (AvgIpc) is 2.77. The molecule has 0 unspecified atom stereocenters. The SMILES string of the molecule is CN(C)C(=O)c1cn(Cc2ccccc2)nn1. The van der Waals surface area contributed by atoms with Gasteiger partial charge >= 0.3 is 0 Å². The van der Waals surface area contributed by atoms with Crippen LogP contribution in [0.15, 0.2) is 36.5 Å².